The lowest BCUT2D eigenvalue weighted by atomic mass is 9.88. The summed E-state index contributed by atoms with van der Waals surface area (Å²) < 4.78 is 13.0. The van der Waals surface area contributed by atoms with Gasteiger partial charge in [0.2, 0.25) is 5.91 Å². The summed E-state index contributed by atoms with van der Waals surface area (Å²) >= 11 is 0. The summed E-state index contributed by atoms with van der Waals surface area (Å²) in [6.07, 6.45) is 12.3. The number of aromatic nitrogens is 1. The highest BCUT2D eigenvalue weighted by Gasteiger charge is 2.31. The Morgan fingerprint density at radius 3 is 2.17 bits per heavy atom. The molecular weight excluding hydrogens is 442 g/mol. The molecule has 35 heavy (non-hydrogen) atoms. The van der Waals surface area contributed by atoms with Crippen molar-refractivity contribution in [1.82, 2.24) is 9.47 Å². The summed E-state index contributed by atoms with van der Waals surface area (Å²) in [5, 5.41) is 3.84. The maximum absolute atomic E-state index is 13.6. The summed E-state index contributed by atoms with van der Waals surface area (Å²) in [5.41, 5.74) is 2.69. The number of amides is 1. The lowest BCUT2D eigenvalue weighted by molar-refractivity contribution is -0.119. The number of carbonyl (C=O) groups excluding carboxylic acids is 2. The van der Waals surface area contributed by atoms with Gasteiger partial charge in [-0.25, -0.2) is 4.79 Å². The Morgan fingerprint density at radius 2 is 1.63 bits per heavy atom. The zero-order valence-corrected chi connectivity index (χ0v) is 21.8. The minimum atomic E-state index is -0.384. The number of esters is 1. The Kier molecular flexibility index (Phi) is 8.37. The van der Waals surface area contributed by atoms with E-state index in [0.717, 1.165) is 11.2 Å². The predicted octanol–water partition coefficient (Wildman–Crippen LogP) is 5.58. The van der Waals surface area contributed by atoms with E-state index in [0.29, 0.717) is 41.0 Å². The van der Waals surface area contributed by atoms with E-state index >= 15 is 0 Å². The first-order valence-corrected chi connectivity index (χ1v) is 13.3. The molecule has 0 radical (unpaired) electrons. The third kappa shape index (κ3) is 5.35. The molecule has 0 atom stereocenters. The Labute approximate surface area is 209 Å². The van der Waals surface area contributed by atoms with Crippen molar-refractivity contribution >= 4 is 28.5 Å². The molecule has 1 aromatic heterocycles. The van der Waals surface area contributed by atoms with Crippen LogP contribution in [0.2, 0.25) is 0 Å². The number of nitrogens with one attached hydrogen (secondary N) is 1. The van der Waals surface area contributed by atoms with Crippen molar-refractivity contribution in [3.63, 3.8) is 0 Å². The van der Waals surface area contributed by atoms with Crippen LogP contribution in [0.25, 0.3) is 10.9 Å². The molecule has 0 spiro atoms. The van der Waals surface area contributed by atoms with E-state index in [1.165, 1.54) is 64.2 Å². The first-order valence-electron chi connectivity index (χ1n) is 13.3. The molecule has 1 heterocycles. The van der Waals surface area contributed by atoms with E-state index in [-0.39, 0.29) is 18.5 Å². The van der Waals surface area contributed by atoms with Crippen molar-refractivity contribution in [2.45, 2.75) is 90.1 Å². The van der Waals surface area contributed by atoms with Gasteiger partial charge in [0, 0.05) is 30.2 Å². The molecule has 0 bridgehead atoms. The van der Waals surface area contributed by atoms with Crippen LogP contribution in [0.15, 0.2) is 12.1 Å². The smallest absolute Gasteiger partial charge is 0.340 e. The first kappa shape index (κ1) is 25.5. The molecule has 0 saturated heterocycles. The average molecular weight is 484 g/mol. The maximum atomic E-state index is 13.6. The molecule has 2 fully saturated rings. The highest BCUT2D eigenvalue weighted by molar-refractivity contribution is 6.14. The van der Waals surface area contributed by atoms with Gasteiger partial charge in [-0.2, -0.15) is 0 Å². The number of anilines is 1. The number of fused-ring (bicyclic) bond motifs is 1. The van der Waals surface area contributed by atoms with Crippen molar-refractivity contribution in [3.05, 3.63) is 23.4 Å². The fourth-order valence-corrected chi connectivity index (χ4v) is 6.11. The molecule has 2 saturated carbocycles. The number of benzene rings is 1. The summed E-state index contributed by atoms with van der Waals surface area (Å²) in [7, 11) is 3.51. The van der Waals surface area contributed by atoms with Gasteiger partial charge < -0.3 is 19.4 Å². The summed E-state index contributed by atoms with van der Waals surface area (Å²) in [4.78, 5) is 29.0. The number of hydrogen-bond donors (Lipinski definition) is 1. The van der Waals surface area contributed by atoms with Crippen LogP contribution in [-0.2, 0) is 16.6 Å². The van der Waals surface area contributed by atoms with Gasteiger partial charge in [0.25, 0.3) is 0 Å². The second-order valence-electron chi connectivity index (χ2n) is 10.1. The van der Waals surface area contributed by atoms with Crippen molar-refractivity contribution in [2.24, 2.45) is 7.05 Å². The van der Waals surface area contributed by atoms with Crippen LogP contribution in [-0.4, -0.2) is 53.7 Å². The van der Waals surface area contributed by atoms with Crippen molar-refractivity contribution in [2.75, 3.05) is 25.6 Å². The van der Waals surface area contributed by atoms with Crippen molar-refractivity contribution in [1.29, 1.82) is 0 Å². The van der Waals surface area contributed by atoms with Gasteiger partial charge in [0.15, 0.2) is 0 Å². The molecule has 1 amide bonds. The molecule has 192 valence electrons. The quantitative estimate of drug-likeness (QED) is 0.497. The second-order valence-corrected chi connectivity index (χ2v) is 10.1. The van der Waals surface area contributed by atoms with Crippen LogP contribution in [0.5, 0.6) is 5.75 Å². The molecule has 2 aromatic rings. The van der Waals surface area contributed by atoms with Gasteiger partial charge in [-0.3, -0.25) is 9.69 Å². The van der Waals surface area contributed by atoms with Crippen LogP contribution >= 0.6 is 0 Å². The van der Waals surface area contributed by atoms with E-state index in [2.05, 4.69) is 10.2 Å². The molecule has 2 aliphatic carbocycles. The largest absolute Gasteiger partial charge is 0.495 e. The molecule has 0 unspecified atom stereocenters. The van der Waals surface area contributed by atoms with E-state index < -0.39 is 0 Å². The number of carbonyl (C=O) groups is 2. The Bertz CT molecular complexity index is 1030. The normalized spacial score (nSPS) is 17.6. The highest BCUT2D eigenvalue weighted by atomic mass is 16.5. The first-order chi connectivity index (χ1) is 17.0. The Hall–Kier alpha value is -2.54. The third-order valence-corrected chi connectivity index (χ3v) is 8.00. The fourth-order valence-electron chi connectivity index (χ4n) is 6.11. The second kappa shape index (κ2) is 11.5. The van der Waals surface area contributed by atoms with Crippen LogP contribution in [0.1, 0.15) is 87.2 Å². The predicted molar refractivity (Wildman–Crippen MR) is 139 cm³/mol. The monoisotopic (exact) mass is 483 g/mol. The van der Waals surface area contributed by atoms with Gasteiger partial charge in [-0.05, 0) is 51.7 Å². The number of nitrogens with zero attached hydrogens (tertiary/aromatic N) is 2. The number of aryl methyl sites for hydroxylation is 1. The zero-order chi connectivity index (χ0) is 24.9. The molecule has 1 aromatic carbocycles. The third-order valence-electron chi connectivity index (χ3n) is 8.00. The van der Waals surface area contributed by atoms with Crippen LogP contribution < -0.4 is 10.1 Å². The van der Waals surface area contributed by atoms with Crippen molar-refractivity contribution < 1.29 is 19.1 Å². The van der Waals surface area contributed by atoms with Crippen LogP contribution in [0.4, 0.5) is 5.69 Å². The Morgan fingerprint density at radius 1 is 1.03 bits per heavy atom. The van der Waals surface area contributed by atoms with Gasteiger partial charge >= 0.3 is 5.97 Å². The average Bonchev–Trinajstić information content (AvgIpc) is 3.14. The standard InChI is InChI=1S/C28H41N3O4/c1-5-35-28(33)25-19(2)30(3)22-16-17-23(34-4)27(26(22)25)29-24(32)18-31(20-12-8-6-9-13-20)21-14-10-7-11-15-21/h16-17,20-21H,5-15,18H2,1-4H3,(H,29,32). The minimum Gasteiger partial charge on any atom is -0.495 e. The molecule has 7 heteroatoms. The molecular formula is C28H41N3O4. The fraction of sp³-hybridized carbons (Fsp3) is 0.643. The van der Waals surface area contributed by atoms with Crippen LogP contribution in [0.3, 0.4) is 0 Å². The molecule has 0 aliphatic heterocycles. The van der Waals surface area contributed by atoms with E-state index in [9.17, 15) is 9.59 Å². The number of methoxy groups -OCH3 is 1. The van der Waals surface area contributed by atoms with Crippen molar-refractivity contribution in [3.8, 4) is 5.75 Å². The van der Waals surface area contributed by atoms with Crippen LogP contribution in [0, 0.1) is 6.92 Å². The summed E-state index contributed by atoms with van der Waals surface area (Å²) in [5.74, 6) is 0.109. The molecule has 2 aliphatic rings. The summed E-state index contributed by atoms with van der Waals surface area (Å²) in [6.45, 7) is 4.36. The van der Waals surface area contributed by atoms with Gasteiger partial charge in [-0.1, -0.05) is 38.5 Å². The minimum absolute atomic E-state index is 0.0525. The van der Waals surface area contributed by atoms with Gasteiger partial charge in [-0.15, -0.1) is 0 Å². The van der Waals surface area contributed by atoms with E-state index in [4.69, 9.17) is 9.47 Å². The number of ether oxygens (including phenoxy) is 2. The van der Waals surface area contributed by atoms with Gasteiger partial charge in [0.05, 0.1) is 37.0 Å². The zero-order valence-electron chi connectivity index (χ0n) is 21.8. The van der Waals surface area contributed by atoms with E-state index in [1.54, 1.807) is 14.0 Å². The van der Waals surface area contributed by atoms with Gasteiger partial charge in [0.1, 0.15) is 5.75 Å². The van der Waals surface area contributed by atoms with E-state index in [1.807, 2.05) is 30.7 Å². The lowest BCUT2D eigenvalue weighted by Gasteiger charge is -2.41. The topological polar surface area (TPSA) is 72.8 Å². The number of hydrogen-bond acceptors (Lipinski definition) is 5. The summed E-state index contributed by atoms with van der Waals surface area (Å²) in [6, 6.07) is 4.73. The number of rotatable bonds is 8. The maximum Gasteiger partial charge on any atom is 0.340 e. The Balaban J connectivity index is 1.67. The molecule has 7 nitrogen and oxygen atoms in total. The molecule has 1 N–H and O–H groups in total. The SMILES string of the molecule is CCOC(=O)c1c(C)n(C)c2ccc(OC)c(NC(=O)CN(C3CCCCC3)C3CCCCC3)c12. The molecule has 4 rings (SSSR count). The lowest BCUT2D eigenvalue weighted by Crippen LogP contribution is -2.48. The highest BCUT2D eigenvalue weighted by Crippen LogP contribution is 2.39.